The Morgan fingerprint density at radius 2 is 1.68 bits per heavy atom. The van der Waals surface area contributed by atoms with Gasteiger partial charge in [-0.2, -0.15) is 0 Å². The van der Waals surface area contributed by atoms with E-state index in [0.717, 1.165) is 53.8 Å². The molecule has 2 aromatic carbocycles. The Labute approximate surface area is 188 Å². The van der Waals surface area contributed by atoms with Crippen molar-refractivity contribution in [2.75, 3.05) is 55.4 Å². The first-order chi connectivity index (χ1) is 15.2. The molecule has 164 valence electrons. The number of para-hydroxylation sites is 1. The molecule has 2 heterocycles. The van der Waals surface area contributed by atoms with E-state index in [-0.39, 0.29) is 24.7 Å². The number of fused-ring (bicyclic) bond motifs is 1. The summed E-state index contributed by atoms with van der Waals surface area (Å²) in [4.78, 5) is 32.9. The molecule has 2 aliphatic heterocycles. The first kappa shape index (κ1) is 21.6. The third-order valence-corrected chi connectivity index (χ3v) is 6.91. The van der Waals surface area contributed by atoms with Gasteiger partial charge in [-0.05, 0) is 42.8 Å². The normalized spacial score (nSPS) is 16.5. The zero-order valence-electron chi connectivity index (χ0n) is 18.0. The lowest BCUT2D eigenvalue weighted by molar-refractivity contribution is -0.133. The fourth-order valence-corrected chi connectivity index (χ4v) is 5.15. The van der Waals surface area contributed by atoms with E-state index in [4.69, 9.17) is 4.74 Å². The largest absolute Gasteiger partial charge is 0.497 e. The zero-order valence-corrected chi connectivity index (χ0v) is 18.8. The lowest BCUT2D eigenvalue weighted by atomic mass is 10.2. The number of hydrogen-bond donors (Lipinski definition) is 0. The standard InChI is InChI=1S/C24H29N3O3S/c1-30-20-9-7-19(8-10-20)25-13-4-14-26(16-15-25)23(28)11-12-24(29)27-17-18-31-22-6-3-2-5-21(22)27/h2-3,5-10H,4,11-18H2,1H3. The van der Waals surface area contributed by atoms with Gasteiger partial charge in [0.05, 0.1) is 12.8 Å². The average molecular weight is 440 g/mol. The quantitative estimate of drug-likeness (QED) is 0.712. The summed E-state index contributed by atoms with van der Waals surface area (Å²) >= 11 is 1.78. The molecule has 2 amide bonds. The molecule has 0 bridgehead atoms. The maximum absolute atomic E-state index is 12.8. The number of ether oxygens (including phenoxy) is 1. The molecule has 1 fully saturated rings. The molecule has 2 aromatic rings. The summed E-state index contributed by atoms with van der Waals surface area (Å²) in [5.41, 5.74) is 2.12. The average Bonchev–Trinajstić information content (AvgIpc) is 3.08. The Morgan fingerprint density at radius 1 is 0.903 bits per heavy atom. The molecular weight excluding hydrogens is 410 g/mol. The third-order valence-electron chi connectivity index (χ3n) is 5.87. The number of anilines is 2. The van der Waals surface area contributed by atoms with E-state index in [1.807, 2.05) is 40.1 Å². The van der Waals surface area contributed by atoms with Crippen molar-refractivity contribution in [1.29, 1.82) is 0 Å². The van der Waals surface area contributed by atoms with Gasteiger partial charge in [-0.25, -0.2) is 0 Å². The fraction of sp³-hybridized carbons (Fsp3) is 0.417. The molecule has 6 nitrogen and oxygen atoms in total. The summed E-state index contributed by atoms with van der Waals surface area (Å²) in [7, 11) is 1.66. The first-order valence-corrected chi connectivity index (χ1v) is 11.8. The van der Waals surface area contributed by atoms with Crippen LogP contribution in [-0.2, 0) is 9.59 Å². The SMILES string of the molecule is COc1ccc(N2CCCN(C(=O)CCC(=O)N3CCSc4ccccc43)CC2)cc1. The Kier molecular flexibility index (Phi) is 7.02. The number of amides is 2. The first-order valence-electron chi connectivity index (χ1n) is 10.8. The van der Waals surface area contributed by atoms with Crippen molar-refractivity contribution >= 4 is 35.0 Å². The van der Waals surface area contributed by atoms with Gasteiger partial charge < -0.3 is 19.4 Å². The molecule has 2 aliphatic rings. The van der Waals surface area contributed by atoms with Crippen LogP contribution >= 0.6 is 11.8 Å². The van der Waals surface area contributed by atoms with Crippen molar-refractivity contribution in [3.63, 3.8) is 0 Å². The second-order valence-electron chi connectivity index (χ2n) is 7.78. The van der Waals surface area contributed by atoms with E-state index in [9.17, 15) is 9.59 Å². The summed E-state index contributed by atoms with van der Waals surface area (Å²) in [6, 6.07) is 16.0. The summed E-state index contributed by atoms with van der Waals surface area (Å²) < 4.78 is 5.24. The van der Waals surface area contributed by atoms with Gasteiger partial charge in [-0.15, -0.1) is 11.8 Å². The smallest absolute Gasteiger partial charge is 0.227 e. The summed E-state index contributed by atoms with van der Waals surface area (Å²) in [6.07, 6.45) is 1.45. The lowest BCUT2D eigenvalue weighted by Gasteiger charge is -2.29. The summed E-state index contributed by atoms with van der Waals surface area (Å²) in [5, 5.41) is 0. The van der Waals surface area contributed by atoms with Gasteiger partial charge in [0.1, 0.15) is 5.75 Å². The monoisotopic (exact) mass is 439 g/mol. The second kappa shape index (κ2) is 10.1. The van der Waals surface area contributed by atoms with E-state index in [0.29, 0.717) is 13.1 Å². The zero-order chi connectivity index (χ0) is 21.6. The molecule has 0 N–H and O–H groups in total. The maximum Gasteiger partial charge on any atom is 0.227 e. The Morgan fingerprint density at radius 3 is 2.48 bits per heavy atom. The van der Waals surface area contributed by atoms with Gasteiger partial charge in [0.2, 0.25) is 11.8 Å². The number of rotatable bonds is 5. The summed E-state index contributed by atoms with van der Waals surface area (Å²) in [6.45, 7) is 3.83. The minimum absolute atomic E-state index is 0.0378. The molecule has 0 atom stereocenters. The number of methoxy groups -OCH3 is 1. The molecule has 1 saturated heterocycles. The third kappa shape index (κ3) is 5.15. The molecule has 0 radical (unpaired) electrons. The Bertz CT molecular complexity index is 919. The van der Waals surface area contributed by atoms with E-state index >= 15 is 0 Å². The van der Waals surface area contributed by atoms with Crippen LogP contribution in [0.25, 0.3) is 0 Å². The number of nitrogens with zero attached hydrogens (tertiary/aromatic N) is 3. The van der Waals surface area contributed by atoms with Crippen molar-refractivity contribution in [2.24, 2.45) is 0 Å². The minimum Gasteiger partial charge on any atom is -0.497 e. The topological polar surface area (TPSA) is 53.1 Å². The van der Waals surface area contributed by atoms with Gasteiger partial charge in [-0.1, -0.05) is 12.1 Å². The molecule has 4 rings (SSSR count). The van der Waals surface area contributed by atoms with Crippen molar-refractivity contribution in [3.8, 4) is 5.75 Å². The van der Waals surface area contributed by atoms with E-state index in [2.05, 4.69) is 23.1 Å². The second-order valence-corrected chi connectivity index (χ2v) is 8.92. The van der Waals surface area contributed by atoms with Crippen molar-refractivity contribution < 1.29 is 14.3 Å². The van der Waals surface area contributed by atoms with Crippen LogP contribution in [0, 0.1) is 0 Å². The van der Waals surface area contributed by atoms with Crippen molar-refractivity contribution in [3.05, 3.63) is 48.5 Å². The predicted octanol–water partition coefficient (Wildman–Crippen LogP) is 3.65. The molecule has 0 unspecified atom stereocenters. The predicted molar refractivity (Wildman–Crippen MR) is 125 cm³/mol. The molecule has 7 heteroatoms. The van der Waals surface area contributed by atoms with Gasteiger partial charge in [-0.3, -0.25) is 9.59 Å². The summed E-state index contributed by atoms with van der Waals surface area (Å²) in [5.74, 6) is 1.85. The van der Waals surface area contributed by atoms with Crippen LogP contribution in [0.1, 0.15) is 19.3 Å². The highest BCUT2D eigenvalue weighted by atomic mass is 32.2. The highest BCUT2D eigenvalue weighted by molar-refractivity contribution is 7.99. The minimum atomic E-state index is 0.0378. The van der Waals surface area contributed by atoms with Gasteiger partial charge in [0.15, 0.2) is 0 Å². The van der Waals surface area contributed by atoms with Crippen LogP contribution in [0.15, 0.2) is 53.4 Å². The van der Waals surface area contributed by atoms with Crippen LogP contribution in [0.3, 0.4) is 0 Å². The van der Waals surface area contributed by atoms with Gasteiger partial charge in [0.25, 0.3) is 0 Å². The van der Waals surface area contributed by atoms with E-state index in [1.165, 1.54) is 0 Å². The van der Waals surface area contributed by atoms with Crippen molar-refractivity contribution in [1.82, 2.24) is 4.90 Å². The molecule has 0 aliphatic carbocycles. The van der Waals surface area contributed by atoms with Crippen LogP contribution in [-0.4, -0.2) is 62.3 Å². The number of carbonyl (C=O) groups is 2. The lowest BCUT2D eigenvalue weighted by Crippen LogP contribution is -2.38. The molecule has 0 spiro atoms. The van der Waals surface area contributed by atoms with Crippen LogP contribution in [0.2, 0.25) is 0 Å². The molecule has 0 aromatic heterocycles. The van der Waals surface area contributed by atoms with E-state index in [1.54, 1.807) is 18.9 Å². The number of benzene rings is 2. The maximum atomic E-state index is 12.8. The number of thioether (sulfide) groups is 1. The highest BCUT2D eigenvalue weighted by Gasteiger charge is 2.25. The van der Waals surface area contributed by atoms with Gasteiger partial charge in [0, 0.05) is 61.9 Å². The van der Waals surface area contributed by atoms with Crippen LogP contribution in [0.5, 0.6) is 5.75 Å². The molecule has 0 saturated carbocycles. The molecule has 31 heavy (non-hydrogen) atoms. The fourth-order valence-electron chi connectivity index (χ4n) is 4.15. The molecular formula is C24H29N3O3S. The van der Waals surface area contributed by atoms with Gasteiger partial charge >= 0.3 is 0 Å². The number of hydrogen-bond acceptors (Lipinski definition) is 5. The van der Waals surface area contributed by atoms with E-state index < -0.39 is 0 Å². The highest BCUT2D eigenvalue weighted by Crippen LogP contribution is 2.34. The Balaban J connectivity index is 1.29. The number of carbonyl (C=O) groups excluding carboxylic acids is 2. The Hall–Kier alpha value is -2.67. The van der Waals surface area contributed by atoms with Crippen molar-refractivity contribution in [2.45, 2.75) is 24.2 Å². The van der Waals surface area contributed by atoms with Crippen LogP contribution < -0.4 is 14.5 Å². The van der Waals surface area contributed by atoms with Crippen LogP contribution in [0.4, 0.5) is 11.4 Å².